The molecule has 5 heteroatoms. The zero-order valence-corrected chi connectivity index (χ0v) is 18.4. The number of nitrogens with zero attached hydrogens (tertiary/aromatic N) is 5. The molecule has 0 unspecified atom stereocenters. The van der Waals surface area contributed by atoms with Crippen LogP contribution in [0.1, 0.15) is 27.9 Å². The minimum atomic E-state index is 0.809. The number of rotatable bonds is 6. The zero-order valence-electron chi connectivity index (χ0n) is 18.4. The van der Waals surface area contributed by atoms with E-state index in [4.69, 9.17) is 5.10 Å². The molecule has 0 spiro atoms. The molecule has 0 saturated carbocycles. The summed E-state index contributed by atoms with van der Waals surface area (Å²) in [5.41, 5.74) is 9.30. The zero-order chi connectivity index (χ0) is 21.3. The molecule has 0 amide bonds. The van der Waals surface area contributed by atoms with Crippen LogP contribution in [0.25, 0.3) is 16.9 Å². The second-order valence-electron chi connectivity index (χ2n) is 8.19. The summed E-state index contributed by atoms with van der Waals surface area (Å²) in [6, 6.07) is 16.9. The molecule has 0 bridgehead atoms. The lowest BCUT2D eigenvalue weighted by molar-refractivity contribution is 0.318. The fourth-order valence-electron chi connectivity index (χ4n) is 3.90. The Morgan fingerprint density at radius 3 is 2.30 bits per heavy atom. The number of hydrogen-bond acceptors (Lipinski definition) is 3. The first-order valence-corrected chi connectivity index (χ1v) is 10.3. The molecular weight excluding hydrogens is 370 g/mol. The van der Waals surface area contributed by atoms with E-state index >= 15 is 0 Å². The Labute approximate surface area is 178 Å². The summed E-state index contributed by atoms with van der Waals surface area (Å²) in [5.74, 6) is 0. The molecule has 4 aromatic rings. The number of hydrogen-bond donors (Lipinski definition) is 0. The first-order chi connectivity index (χ1) is 14.4. The van der Waals surface area contributed by atoms with Gasteiger partial charge in [0.25, 0.3) is 0 Å². The van der Waals surface area contributed by atoms with Gasteiger partial charge < -0.3 is 0 Å². The molecule has 0 saturated heterocycles. The van der Waals surface area contributed by atoms with Crippen LogP contribution in [0.4, 0.5) is 0 Å². The molecule has 5 nitrogen and oxygen atoms in total. The van der Waals surface area contributed by atoms with Crippen molar-refractivity contribution in [3.05, 3.63) is 88.9 Å². The third-order valence-electron chi connectivity index (χ3n) is 5.44. The van der Waals surface area contributed by atoms with Gasteiger partial charge >= 0.3 is 0 Å². The normalized spacial score (nSPS) is 11.4. The molecule has 4 rings (SSSR count). The molecule has 0 radical (unpaired) electrons. The van der Waals surface area contributed by atoms with Crippen molar-refractivity contribution < 1.29 is 0 Å². The van der Waals surface area contributed by atoms with Crippen LogP contribution in [0.3, 0.4) is 0 Å². The first-order valence-electron chi connectivity index (χ1n) is 10.3. The lowest BCUT2D eigenvalue weighted by atomic mass is 10.1. The van der Waals surface area contributed by atoms with Gasteiger partial charge in [-0.25, -0.2) is 4.68 Å². The van der Waals surface area contributed by atoms with Gasteiger partial charge in [-0.3, -0.25) is 9.58 Å². The minimum Gasteiger partial charge on any atom is -0.298 e. The van der Waals surface area contributed by atoms with E-state index in [2.05, 4.69) is 92.7 Å². The van der Waals surface area contributed by atoms with Crippen LogP contribution in [-0.4, -0.2) is 31.5 Å². The Hall–Kier alpha value is -3.18. The number of aromatic nitrogens is 4. The van der Waals surface area contributed by atoms with E-state index in [0.717, 1.165) is 35.7 Å². The van der Waals surface area contributed by atoms with Crippen molar-refractivity contribution in [2.24, 2.45) is 7.05 Å². The van der Waals surface area contributed by atoms with E-state index in [1.807, 2.05) is 22.5 Å². The highest BCUT2D eigenvalue weighted by atomic mass is 15.3. The van der Waals surface area contributed by atoms with Crippen molar-refractivity contribution in [3.8, 4) is 16.9 Å². The molecule has 154 valence electrons. The topological polar surface area (TPSA) is 38.9 Å². The summed E-state index contributed by atoms with van der Waals surface area (Å²) in [7, 11) is 4.12. The molecule has 0 N–H and O–H groups in total. The van der Waals surface area contributed by atoms with Gasteiger partial charge in [-0.1, -0.05) is 42.5 Å². The van der Waals surface area contributed by atoms with Crippen LogP contribution in [0.15, 0.2) is 60.9 Å². The molecule has 0 aliphatic carbocycles. The average molecular weight is 400 g/mol. The maximum Gasteiger partial charge on any atom is 0.0972 e. The molecule has 0 atom stereocenters. The highest BCUT2D eigenvalue weighted by Crippen LogP contribution is 2.26. The van der Waals surface area contributed by atoms with Gasteiger partial charge in [0.15, 0.2) is 0 Å². The lowest BCUT2D eigenvalue weighted by Crippen LogP contribution is -2.17. The molecule has 2 aromatic carbocycles. The summed E-state index contributed by atoms with van der Waals surface area (Å²) in [6.07, 6.45) is 4.28. The molecule has 2 aromatic heterocycles. The average Bonchev–Trinajstić information content (AvgIpc) is 3.27. The Balaban J connectivity index is 1.69. The summed E-state index contributed by atoms with van der Waals surface area (Å²) in [6.45, 7) is 7.98. The predicted molar refractivity (Wildman–Crippen MR) is 122 cm³/mol. The van der Waals surface area contributed by atoms with E-state index in [1.54, 1.807) is 0 Å². The van der Waals surface area contributed by atoms with E-state index in [0.29, 0.717) is 0 Å². The van der Waals surface area contributed by atoms with Crippen molar-refractivity contribution in [1.82, 2.24) is 24.5 Å². The van der Waals surface area contributed by atoms with Crippen LogP contribution in [0.2, 0.25) is 0 Å². The van der Waals surface area contributed by atoms with E-state index in [9.17, 15) is 0 Å². The van der Waals surface area contributed by atoms with Crippen LogP contribution in [-0.2, 0) is 20.1 Å². The van der Waals surface area contributed by atoms with Gasteiger partial charge in [-0.2, -0.15) is 10.2 Å². The van der Waals surface area contributed by atoms with E-state index in [1.165, 1.54) is 22.3 Å². The maximum absolute atomic E-state index is 5.01. The largest absolute Gasteiger partial charge is 0.298 e. The van der Waals surface area contributed by atoms with Gasteiger partial charge in [-0.15, -0.1) is 0 Å². The van der Waals surface area contributed by atoms with Crippen LogP contribution in [0.5, 0.6) is 0 Å². The van der Waals surface area contributed by atoms with Crippen LogP contribution in [0, 0.1) is 20.8 Å². The Morgan fingerprint density at radius 2 is 1.60 bits per heavy atom. The van der Waals surface area contributed by atoms with Crippen molar-refractivity contribution >= 4 is 0 Å². The van der Waals surface area contributed by atoms with Crippen molar-refractivity contribution in [2.75, 3.05) is 7.05 Å². The third kappa shape index (κ3) is 4.21. The van der Waals surface area contributed by atoms with E-state index < -0.39 is 0 Å². The Kier molecular flexibility index (Phi) is 5.55. The van der Waals surface area contributed by atoms with Crippen LogP contribution < -0.4 is 0 Å². The highest BCUT2D eigenvalue weighted by molar-refractivity contribution is 5.63. The van der Waals surface area contributed by atoms with Crippen LogP contribution >= 0.6 is 0 Å². The fourth-order valence-corrected chi connectivity index (χ4v) is 3.90. The smallest absolute Gasteiger partial charge is 0.0972 e. The summed E-state index contributed by atoms with van der Waals surface area (Å²) in [5, 5.41) is 9.48. The molecule has 0 aliphatic heterocycles. The highest BCUT2D eigenvalue weighted by Gasteiger charge is 2.16. The van der Waals surface area contributed by atoms with Gasteiger partial charge in [0.2, 0.25) is 0 Å². The van der Waals surface area contributed by atoms with E-state index in [-0.39, 0.29) is 0 Å². The quantitative estimate of drug-likeness (QED) is 0.466. The molecule has 0 aliphatic rings. The third-order valence-corrected chi connectivity index (χ3v) is 5.44. The standard InChI is InChI=1S/C25H29N5/c1-18-11-12-19(2)24(13-18)30-17-23(25(27-30)21-9-7-6-8-10-21)15-28(4)14-22-16-29(5)26-20(22)3/h6-13,16-17H,14-15H2,1-5H3. The summed E-state index contributed by atoms with van der Waals surface area (Å²) >= 11 is 0. The molecule has 0 fully saturated rings. The fraction of sp³-hybridized carbons (Fsp3) is 0.280. The summed E-state index contributed by atoms with van der Waals surface area (Å²) < 4.78 is 3.91. The Bertz CT molecular complexity index is 1150. The van der Waals surface area contributed by atoms with Crippen molar-refractivity contribution in [2.45, 2.75) is 33.9 Å². The number of aryl methyl sites for hydroxylation is 4. The van der Waals surface area contributed by atoms with Gasteiger partial charge in [0, 0.05) is 49.2 Å². The van der Waals surface area contributed by atoms with Crippen molar-refractivity contribution in [1.29, 1.82) is 0 Å². The van der Waals surface area contributed by atoms with Gasteiger partial charge in [-0.05, 0) is 45.0 Å². The molecular formula is C25H29N5. The molecule has 30 heavy (non-hydrogen) atoms. The maximum atomic E-state index is 5.01. The lowest BCUT2D eigenvalue weighted by Gasteiger charge is -2.16. The first kappa shape index (κ1) is 20.1. The van der Waals surface area contributed by atoms with Gasteiger partial charge in [0.1, 0.15) is 0 Å². The second-order valence-corrected chi connectivity index (χ2v) is 8.19. The van der Waals surface area contributed by atoms with Gasteiger partial charge in [0.05, 0.1) is 17.1 Å². The second kappa shape index (κ2) is 8.28. The predicted octanol–water partition coefficient (Wildman–Crippen LogP) is 4.83. The minimum absolute atomic E-state index is 0.809. The Morgan fingerprint density at radius 1 is 0.867 bits per heavy atom. The molecule has 2 heterocycles. The summed E-state index contributed by atoms with van der Waals surface area (Å²) in [4.78, 5) is 2.32. The number of benzene rings is 2. The monoisotopic (exact) mass is 399 g/mol. The SMILES string of the molecule is Cc1ccc(C)c(-n2cc(CN(C)Cc3cn(C)nc3C)c(-c3ccccc3)n2)c1. The van der Waals surface area contributed by atoms with Crippen molar-refractivity contribution in [3.63, 3.8) is 0 Å².